The Morgan fingerprint density at radius 3 is 2.88 bits per heavy atom. The van der Waals surface area contributed by atoms with Crippen LogP contribution < -0.4 is 5.73 Å². The maximum atomic E-state index is 10.0. The summed E-state index contributed by atoms with van der Waals surface area (Å²) in [5.74, 6) is -0.883. The Kier molecular flexibility index (Phi) is 0.957. The molecule has 0 spiro atoms. The van der Waals surface area contributed by atoms with Crippen LogP contribution in [-0.2, 0) is 0 Å². The molecule has 0 aliphatic heterocycles. The number of nitrogens with zero attached hydrogens (tertiary/aromatic N) is 2. The van der Waals surface area contributed by atoms with Crippen molar-refractivity contribution in [3.8, 4) is 0 Å². The summed E-state index contributed by atoms with van der Waals surface area (Å²) in [6.45, 7) is 0. The van der Waals surface area contributed by atoms with Crippen molar-refractivity contribution in [3.63, 3.8) is 0 Å². The molecule has 8 heavy (non-hydrogen) atoms. The van der Waals surface area contributed by atoms with Crippen molar-refractivity contribution in [1.82, 2.24) is 16.1 Å². The monoisotopic (exact) mass is 112 g/mol. The van der Waals surface area contributed by atoms with Crippen LogP contribution in [0.3, 0.4) is 0 Å². The molecule has 5 heteroatoms. The van der Waals surface area contributed by atoms with E-state index in [0.29, 0.717) is 0 Å². The number of amides is 1. The summed E-state index contributed by atoms with van der Waals surface area (Å²) in [6.07, 6.45) is 1.02. The first kappa shape index (κ1) is 4.76. The summed E-state index contributed by atoms with van der Waals surface area (Å²) in [5, 5.41) is 6.14. The van der Waals surface area contributed by atoms with Crippen LogP contribution in [0.25, 0.3) is 0 Å². The minimum absolute atomic E-state index is 0.0648. The first-order valence-electron chi connectivity index (χ1n) is 1.83. The van der Waals surface area contributed by atoms with Gasteiger partial charge in [-0.1, -0.05) is 0 Å². The van der Waals surface area contributed by atoms with Gasteiger partial charge >= 0.3 is 0 Å². The van der Waals surface area contributed by atoms with Gasteiger partial charge in [-0.15, -0.1) is 5.10 Å². The molecule has 0 aromatic carbocycles. The van der Waals surface area contributed by atoms with E-state index in [9.17, 15) is 4.79 Å². The predicted molar refractivity (Wildman–Crippen MR) is 21.7 cm³/mol. The number of hydrogen-bond acceptors (Lipinski definition) is 4. The Labute approximate surface area is 44.5 Å². The van der Waals surface area contributed by atoms with Crippen LogP contribution in [0.2, 0.25) is 0 Å². The number of carbonyl (C=O) groups excluding carboxylic acids is 1. The third-order valence-electron chi connectivity index (χ3n) is 0.593. The lowest BCUT2D eigenvalue weighted by Gasteiger charge is -1.72. The normalized spacial score (nSPS) is 9.00. The van der Waals surface area contributed by atoms with Crippen LogP contribution in [0.1, 0.15) is 10.5 Å². The molecule has 0 aliphatic carbocycles. The van der Waals surface area contributed by atoms with Crippen molar-refractivity contribution >= 4 is 5.91 Å². The molecule has 1 aromatic heterocycles. The average molecular weight is 112 g/mol. The zero-order valence-electron chi connectivity index (χ0n) is 3.79. The van der Waals surface area contributed by atoms with Gasteiger partial charge in [-0.2, -0.15) is 0 Å². The minimum Gasteiger partial charge on any atom is -0.345 e. The van der Waals surface area contributed by atoms with Crippen molar-refractivity contribution in [1.29, 1.82) is 0 Å². The maximum absolute atomic E-state index is 10.0. The highest BCUT2D eigenvalue weighted by molar-refractivity contribution is 5.89. The van der Waals surface area contributed by atoms with Crippen LogP contribution in [-0.4, -0.2) is 16.3 Å². The van der Waals surface area contributed by atoms with Gasteiger partial charge < -0.3 is 4.52 Å². The van der Waals surface area contributed by atoms with Gasteiger partial charge in [0.25, 0.3) is 5.91 Å². The lowest BCUT2D eigenvalue weighted by atomic mass is 10.5. The van der Waals surface area contributed by atoms with Crippen molar-refractivity contribution in [2.24, 2.45) is 0 Å². The lowest BCUT2D eigenvalue weighted by molar-refractivity contribution is 0.0987. The molecule has 0 saturated carbocycles. The fourth-order valence-corrected chi connectivity index (χ4v) is 0.264. The Morgan fingerprint density at radius 1 is 1.88 bits per heavy atom. The van der Waals surface area contributed by atoms with Crippen LogP contribution in [0.5, 0.6) is 0 Å². The molecular formula is C3H2N3O2. The molecule has 0 unspecified atom stereocenters. The van der Waals surface area contributed by atoms with E-state index in [1.54, 1.807) is 0 Å². The average Bonchev–Trinajstić information content (AvgIpc) is 2.12. The molecule has 41 valence electrons. The highest BCUT2D eigenvalue weighted by atomic mass is 16.5. The van der Waals surface area contributed by atoms with E-state index in [4.69, 9.17) is 5.73 Å². The van der Waals surface area contributed by atoms with Crippen molar-refractivity contribution in [2.45, 2.75) is 0 Å². The zero-order valence-corrected chi connectivity index (χ0v) is 3.79. The molecule has 1 heterocycles. The fourth-order valence-electron chi connectivity index (χ4n) is 0.264. The molecule has 0 fully saturated rings. The molecule has 0 atom stereocenters. The number of carbonyl (C=O) groups is 1. The Balaban J connectivity index is 2.93. The van der Waals surface area contributed by atoms with E-state index in [-0.39, 0.29) is 5.69 Å². The van der Waals surface area contributed by atoms with E-state index in [2.05, 4.69) is 14.9 Å². The van der Waals surface area contributed by atoms with E-state index < -0.39 is 5.91 Å². The van der Waals surface area contributed by atoms with Gasteiger partial charge in [-0.3, -0.25) is 10.5 Å². The summed E-state index contributed by atoms with van der Waals surface area (Å²) in [7, 11) is 0. The largest absolute Gasteiger partial charge is 0.345 e. The molecule has 1 aromatic rings. The third-order valence-corrected chi connectivity index (χ3v) is 0.593. The highest BCUT2D eigenvalue weighted by Crippen LogP contribution is 1.87. The van der Waals surface area contributed by atoms with Gasteiger partial charge in [0.2, 0.25) is 0 Å². The number of nitrogens with one attached hydrogen (secondary N) is 1. The second-order valence-corrected chi connectivity index (χ2v) is 1.12. The Hall–Kier alpha value is -1.39. The van der Waals surface area contributed by atoms with Gasteiger partial charge in [0.1, 0.15) is 0 Å². The maximum Gasteiger partial charge on any atom is 0.293 e. The second kappa shape index (κ2) is 1.61. The van der Waals surface area contributed by atoms with Gasteiger partial charge in [0.05, 0.1) is 0 Å². The van der Waals surface area contributed by atoms with Gasteiger partial charge in [-0.05, 0) is 0 Å². The minimum atomic E-state index is -0.883. The van der Waals surface area contributed by atoms with Crippen molar-refractivity contribution in [2.75, 3.05) is 0 Å². The number of aromatic nitrogens is 2. The number of rotatable bonds is 1. The van der Waals surface area contributed by atoms with Gasteiger partial charge in [0, 0.05) is 5.27 Å². The Bertz CT molecular complexity index is 180. The molecule has 1 amide bonds. The summed E-state index contributed by atoms with van der Waals surface area (Å²) >= 11 is 0. The Morgan fingerprint density at radius 2 is 2.62 bits per heavy atom. The molecule has 5 nitrogen and oxygen atoms in total. The van der Waals surface area contributed by atoms with E-state index in [0.717, 1.165) is 6.26 Å². The van der Waals surface area contributed by atoms with Crippen LogP contribution in [0, 0.1) is 0 Å². The SMILES string of the molecule is [NH]C(=O)c1conn1. The highest BCUT2D eigenvalue weighted by Gasteiger charge is 2.02. The van der Waals surface area contributed by atoms with Crippen LogP contribution in [0.4, 0.5) is 0 Å². The fraction of sp³-hybridized carbons (Fsp3) is 0. The summed E-state index contributed by atoms with van der Waals surface area (Å²) in [6, 6.07) is 0. The summed E-state index contributed by atoms with van der Waals surface area (Å²) in [4.78, 5) is 10.0. The van der Waals surface area contributed by atoms with E-state index in [1.165, 1.54) is 0 Å². The molecule has 1 rings (SSSR count). The van der Waals surface area contributed by atoms with Gasteiger partial charge in [-0.25, -0.2) is 0 Å². The summed E-state index contributed by atoms with van der Waals surface area (Å²) < 4.78 is 4.17. The smallest absolute Gasteiger partial charge is 0.293 e. The van der Waals surface area contributed by atoms with Crippen molar-refractivity contribution in [3.05, 3.63) is 12.0 Å². The topological polar surface area (TPSA) is 79.8 Å². The molecule has 1 N–H and O–H groups in total. The lowest BCUT2D eigenvalue weighted by Crippen LogP contribution is -1.98. The molecule has 0 bridgehead atoms. The second-order valence-electron chi connectivity index (χ2n) is 1.12. The van der Waals surface area contributed by atoms with Crippen LogP contribution >= 0.6 is 0 Å². The van der Waals surface area contributed by atoms with Crippen LogP contribution in [0.15, 0.2) is 10.8 Å². The standard InChI is InChI=1S/C3H2N3O2/c4-3(7)2-1-8-6-5-2/h1,4H. The molecule has 1 radical (unpaired) electrons. The summed E-state index contributed by atoms with van der Waals surface area (Å²) in [5.41, 5.74) is 6.37. The zero-order chi connectivity index (χ0) is 5.98. The molecule has 0 aliphatic rings. The van der Waals surface area contributed by atoms with E-state index in [1.807, 2.05) is 0 Å². The molecular weight excluding hydrogens is 110 g/mol. The first-order valence-corrected chi connectivity index (χ1v) is 1.83. The predicted octanol–water partition coefficient (Wildman–Crippen LogP) is -0.507. The quantitative estimate of drug-likeness (QED) is 0.490. The number of hydrogen-bond donors (Lipinski definition) is 0. The first-order chi connectivity index (χ1) is 3.80. The van der Waals surface area contributed by atoms with Crippen molar-refractivity contribution < 1.29 is 9.32 Å². The third kappa shape index (κ3) is 0.651. The molecule has 0 saturated heterocycles. The van der Waals surface area contributed by atoms with Gasteiger partial charge in [0.15, 0.2) is 12.0 Å². The van der Waals surface area contributed by atoms with E-state index >= 15 is 0 Å².